The molecule has 1 aromatic carbocycles. The highest BCUT2D eigenvalue weighted by atomic mass is 19.1. The monoisotopic (exact) mass is 279 g/mol. The predicted molar refractivity (Wildman–Crippen MR) is 79.2 cm³/mol. The van der Waals surface area contributed by atoms with Crippen molar-refractivity contribution in [2.24, 2.45) is 5.92 Å². The molecule has 1 saturated carbocycles. The van der Waals surface area contributed by atoms with E-state index in [1.807, 2.05) is 0 Å². The highest BCUT2D eigenvalue weighted by molar-refractivity contribution is 5.96. The van der Waals surface area contributed by atoms with Crippen molar-refractivity contribution in [1.82, 2.24) is 5.32 Å². The summed E-state index contributed by atoms with van der Waals surface area (Å²) in [5.41, 5.74) is 6.66. The molecule has 0 saturated heterocycles. The molecule has 4 N–H and O–H groups in total. The van der Waals surface area contributed by atoms with Crippen LogP contribution in [0.4, 0.5) is 15.8 Å². The van der Waals surface area contributed by atoms with Crippen LogP contribution in [-0.2, 0) is 0 Å². The third-order valence-electron chi connectivity index (χ3n) is 4.00. The van der Waals surface area contributed by atoms with E-state index in [0.29, 0.717) is 17.3 Å². The quantitative estimate of drug-likeness (QED) is 0.745. The summed E-state index contributed by atoms with van der Waals surface area (Å²) in [7, 11) is 1.66. The van der Waals surface area contributed by atoms with Crippen LogP contribution in [0.3, 0.4) is 0 Å². The standard InChI is InChI=1S/C15H22FN3O/c1-9-3-5-10(6-4-9)19-15(20)11-7-13(17)14(18-2)8-12(11)16/h7-10,18H,3-6,17H2,1-2H3,(H,19,20)/t9-,10-. The first-order valence-electron chi connectivity index (χ1n) is 7.09. The molecule has 0 aliphatic heterocycles. The lowest BCUT2D eigenvalue weighted by Gasteiger charge is -2.27. The summed E-state index contributed by atoms with van der Waals surface area (Å²) < 4.78 is 13.9. The molecule has 0 radical (unpaired) electrons. The largest absolute Gasteiger partial charge is 0.397 e. The Morgan fingerprint density at radius 3 is 2.55 bits per heavy atom. The number of nitrogen functional groups attached to an aromatic ring is 1. The molecule has 0 aromatic heterocycles. The Labute approximate surface area is 118 Å². The van der Waals surface area contributed by atoms with E-state index < -0.39 is 5.82 Å². The average Bonchev–Trinajstić information content (AvgIpc) is 2.43. The van der Waals surface area contributed by atoms with Gasteiger partial charge in [-0.2, -0.15) is 0 Å². The first-order chi connectivity index (χ1) is 9.51. The van der Waals surface area contributed by atoms with Gasteiger partial charge in [-0.15, -0.1) is 0 Å². The summed E-state index contributed by atoms with van der Waals surface area (Å²) in [6.45, 7) is 2.22. The molecule has 0 heterocycles. The zero-order valence-corrected chi connectivity index (χ0v) is 12.0. The fourth-order valence-electron chi connectivity index (χ4n) is 2.65. The first-order valence-corrected chi connectivity index (χ1v) is 7.09. The van der Waals surface area contributed by atoms with Crippen molar-refractivity contribution in [3.8, 4) is 0 Å². The second kappa shape index (κ2) is 6.11. The molecule has 0 atom stereocenters. The van der Waals surface area contributed by atoms with Gasteiger partial charge in [0, 0.05) is 13.1 Å². The Kier molecular flexibility index (Phi) is 4.47. The fraction of sp³-hybridized carbons (Fsp3) is 0.533. The first kappa shape index (κ1) is 14.6. The second-order valence-electron chi connectivity index (χ2n) is 5.60. The molecule has 1 amide bonds. The van der Waals surface area contributed by atoms with Crippen LogP contribution in [0.5, 0.6) is 0 Å². The molecule has 1 aromatic rings. The van der Waals surface area contributed by atoms with Crippen LogP contribution in [-0.4, -0.2) is 19.0 Å². The summed E-state index contributed by atoms with van der Waals surface area (Å²) >= 11 is 0. The number of hydrogen-bond donors (Lipinski definition) is 3. The van der Waals surface area contributed by atoms with Crippen molar-refractivity contribution in [2.75, 3.05) is 18.1 Å². The second-order valence-corrected chi connectivity index (χ2v) is 5.60. The number of carbonyl (C=O) groups excluding carboxylic acids is 1. The van der Waals surface area contributed by atoms with E-state index in [1.54, 1.807) is 7.05 Å². The van der Waals surface area contributed by atoms with E-state index in [9.17, 15) is 9.18 Å². The molecule has 1 aliphatic rings. The Balaban J connectivity index is 2.07. The number of nitrogens with one attached hydrogen (secondary N) is 2. The molecule has 5 heteroatoms. The Morgan fingerprint density at radius 1 is 1.30 bits per heavy atom. The van der Waals surface area contributed by atoms with E-state index in [4.69, 9.17) is 5.73 Å². The minimum Gasteiger partial charge on any atom is -0.397 e. The Bertz CT molecular complexity index is 496. The zero-order valence-electron chi connectivity index (χ0n) is 12.0. The third kappa shape index (κ3) is 3.21. The van der Waals surface area contributed by atoms with Crippen LogP contribution in [0.2, 0.25) is 0 Å². The van der Waals surface area contributed by atoms with Gasteiger partial charge in [-0.25, -0.2) is 4.39 Å². The molecule has 2 rings (SSSR count). The molecule has 1 aliphatic carbocycles. The lowest BCUT2D eigenvalue weighted by atomic mass is 9.87. The normalized spacial score (nSPS) is 22.4. The fourth-order valence-corrected chi connectivity index (χ4v) is 2.65. The number of halogens is 1. The summed E-state index contributed by atoms with van der Waals surface area (Å²) in [5, 5.41) is 5.70. The van der Waals surface area contributed by atoms with Gasteiger partial charge in [0.05, 0.1) is 16.9 Å². The summed E-state index contributed by atoms with van der Waals surface area (Å²) in [5.74, 6) is -0.216. The van der Waals surface area contributed by atoms with Crippen LogP contribution < -0.4 is 16.4 Å². The van der Waals surface area contributed by atoms with Crippen LogP contribution in [0.25, 0.3) is 0 Å². The van der Waals surface area contributed by atoms with Gasteiger partial charge in [0.2, 0.25) is 0 Å². The number of rotatable bonds is 3. The Hall–Kier alpha value is -1.78. The summed E-state index contributed by atoms with van der Waals surface area (Å²) in [6, 6.07) is 2.79. The molecule has 20 heavy (non-hydrogen) atoms. The zero-order chi connectivity index (χ0) is 14.7. The third-order valence-corrected chi connectivity index (χ3v) is 4.00. The van der Waals surface area contributed by atoms with E-state index in [1.165, 1.54) is 12.1 Å². The van der Waals surface area contributed by atoms with Crippen molar-refractivity contribution in [3.05, 3.63) is 23.5 Å². The molecule has 0 bridgehead atoms. The van der Waals surface area contributed by atoms with Gasteiger partial charge in [0.25, 0.3) is 5.91 Å². The topological polar surface area (TPSA) is 67.2 Å². The molecule has 0 spiro atoms. The van der Waals surface area contributed by atoms with Crippen LogP contribution in [0.15, 0.2) is 12.1 Å². The predicted octanol–water partition coefficient (Wildman–Crippen LogP) is 2.76. The van der Waals surface area contributed by atoms with Crippen molar-refractivity contribution >= 4 is 17.3 Å². The van der Waals surface area contributed by atoms with Crippen molar-refractivity contribution in [3.63, 3.8) is 0 Å². The molecule has 4 nitrogen and oxygen atoms in total. The maximum absolute atomic E-state index is 13.9. The van der Waals surface area contributed by atoms with Gasteiger partial charge in [-0.1, -0.05) is 6.92 Å². The molecule has 1 fully saturated rings. The van der Waals surface area contributed by atoms with E-state index in [2.05, 4.69) is 17.6 Å². The van der Waals surface area contributed by atoms with E-state index in [-0.39, 0.29) is 17.5 Å². The Morgan fingerprint density at radius 2 is 1.95 bits per heavy atom. The molecule has 110 valence electrons. The number of nitrogens with two attached hydrogens (primary N) is 1. The maximum atomic E-state index is 13.9. The lowest BCUT2D eigenvalue weighted by Crippen LogP contribution is -2.37. The number of benzene rings is 1. The maximum Gasteiger partial charge on any atom is 0.254 e. The van der Waals surface area contributed by atoms with Gasteiger partial charge in [-0.3, -0.25) is 4.79 Å². The molecule has 0 unspecified atom stereocenters. The van der Waals surface area contributed by atoms with Gasteiger partial charge < -0.3 is 16.4 Å². The minimum atomic E-state index is -0.551. The average molecular weight is 279 g/mol. The van der Waals surface area contributed by atoms with Gasteiger partial charge in [0.15, 0.2) is 0 Å². The van der Waals surface area contributed by atoms with E-state index in [0.717, 1.165) is 25.7 Å². The summed E-state index contributed by atoms with van der Waals surface area (Å²) in [6.07, 6.45) is 4.12. The molecular formula is C15H22FN3O. The number of amides is 1. The number of anilines is 2. The highest BCUT2D eigenvalue weighted by Crippen LogP contribution is 2.25. The molecular weight excluding hydrogens is 257 g/mol. The van der Waals surface area contributed by atoms with Crippen molar-refractivity contribution in [2.45, 2.75) is 38.6 Å². The highest BCUT2D eigenvalue weighted by Gasteiger charge is 2.22. The number of hydrogen-bond acceptors (Lipinski definition) is 3. The summed E-state index contributed by atoms with van der Waals surface area (Å²) in [4.78, 5) is 12.1. The number of carbonyl (C=O) groups is 1. The van der Waals surface area contributed by atoms with Gasteiger partial charge in [0.1, 0.15) is 5.82 Å². The van der Waals surface area contributed by atoms with Crippen molar-refractivity contribution in [1.29, 1.82) is 0 Å². The SMILES string of the molecule is CNc1cc(F)c(C(=O)N[C@H]2CC[C@H](C)CC2)cc1N. The lowest BCUT2D eigenvalue weighted by molar-refractivity contribution is 0.0919. The van der Waals surface area contributed by atoms with Crippen LogP contribution >= 0.6 is 0 Å². The minimum absolute atomic E-state index is 0.0140. The van der Waals surface area contributed by atoms with E-state index >= 15 is 0 Å². The van der Waals surface area contributed by atoms with Crippen molar-refractivity contribution < 1.29 is 9.18 Å². The van der Waals surface area contributed by atoms with Crippen LogP contribution in [0, 0.1) is 11.7 Å². The van der Waals surface area contributed by atoms with Crippen LogP contribution in [0.1, 0.15) is 43.0 Å². The van der Waals surface area contributed by atoms with Gasteiger partial charge in [-0.05, 0) is 43.7 Å². The van der Waals surface area contributed by atoms with Gasteiger partial charge >= 0.3 is 0 Å². The smallest absolute Gasteiger partial charge is 0.254 e.